The maximum Gasteiger partial charge on any atom is 0.243 e. The van der Waals surface area contributed by atoms with Crippen LogP contribution in [0.5, 0.6) is 0 Å². The van der Waals surface area contributed by atoms with Crippen LogP contribution in [-0.4, -0.2) is 33.4 Å². The minimum absolute atomic E-state index is 0.00892. The second-order valence-corrected chi connectivity index (χ2v) is 6.81. The van der Waals surface area contributed by atoms with Gasteiger partial charge in [0, 0.05) is 13.1 Å². The maximum absolute atomic E-state index is 12.6. The molecule has 142 valence electrons. The molecule has 0 saturated heterocycles. The van der Waals surface area contributed by atoms with E-state index in [9.17, 15) is 4.79 Å². The zero-order valence-electron chi connectivity index (χ0n) is 16.4. The van der Waals surface area contributed by atoms with Crippen LogP contribution in [0.2, 0.25) is 0 Å². The molecule has 5 heteroatoms. The first-order valence-corrected chi connectivity index (χ1v) is 9.61. The smallest absolute Gasteiger partial charge is 0.243 e. The second-order valence-electron chi connectivity index (χ2n) is 6.81. The third kappa shape index (κ3) is 4.55. The minimum Gasteiger partial charge on any atom is -0.350 e. The lowest BCUT2D eigenvalue weighted by Crippen LogP contribution is -2.30. The Morgan fingerprint density at radius 1 is 1.07 bits per heavy atom. The molecule has 1 N–H and O–H groups in total. The Morgan fingerprint density at radius 3 is 2.44 bits per heavy atom. The summed E-state index contributed by atoms with van der Waals surface area (Å²) in [5.41, 5.74) is 4.28. The van der Waals surface area contributed by atoms with E-state index in [1.165, 1.54) is 5.56 Å². The van der Waals surface area contributed by atoms with E-state index < -0.39 is 0 Å². The number of para-hydroxylation sites is 2. The van der Waals surface area contributed by atoms with Crippen molar-refractivity contribution in [2.75, 3.05) is 13.1 Å². The fourth-order valence-electron chi connectivity index (χ4n) is 3.22. The summed E-state index contributed by atoms with van der Waals surface area (Å²) < 4.78 is 1.91. The molecule has 0 spiro atoms. The summed E-state index contributed by atoms with van der Waals surface area (Å²) >= 11 is 0. The SMILES string of the molecule is CCN(CC)Cc1ccc(CNC(=O)[C@H](C)n2cnc3ccccc32)cc1. The lowest BCUT2D eigenvalue weighted by Gasteiger charge is -2.18. The largest absolute Gasteiger partial charge is 0.350 e. The summed E-state index contributed by atoms with van der Waals surface area (Å²) in [6, 6.07) is 16.0. The normalized spacial score (nSPS) is 12.4. The Morgan fingerprint density at radius 2 is 1.74 bits per heavy atom. The van der Waals surface area contributed by atoms with Crippen molar-refractivity contribution in [3.63, 3.8) is 0 Å². The number of imidazole rings is 1. The van der Waals surface area contributed by atoms with Crippen molar-refractivity contribution in [2.24, 2.45) is 0 Å². The molecular formula is C22H28N4O. The van der Waals surface area contributed by atoms with Crippen molar-refractivity contribution in [2.45, 2.75) is 39.9 Å². The Balaban J connectivity index is 1.58. The summed E-state index contributed by atoms with van der Waals surface area (Å²) in [6.45, 7) is 9.85. The van der Waals surface area contributed by atoms with E-state index in [1.807, 2.05) is 35.8 Å². The molecule has 27 heavy (non-hydrogen) atoms. The first kappa shape index (κ1) is 19.1. The van der Waals surface area contributed by atoms with Crippen molar-refractivity contribution in [3.05, 3.63) is 66.0 Å². The Kier molecular flexibility index (Phi) is 6.24. The first-order valence-electron chi connectivity index (χ1n) is 9.61. The van der Waals surface area contributed by atoms with Gasteiger partial charge in [-0.2, -0.15) is 0 Å². The molecule has 1 atom stereocenters. The summed E-state index contributed by atoms with van der Waals surface area (Å²) in [6.07, 6.45) is 1.73. The molecule has 0 bridgehead atoms. The lowest BCUT2D eigenvalue weighted by atomic mass is 10.1. The Labute approximate surface area is 161 Å². The third-order valence-corrected chi connectivity index (χ3v) is 5.07. The van der Waals surface area contributed by atoms with E-state index in [-0.39, 0.29) is 11.9 Å². The fourth-order valence-corrected chi connectivity index (χ4v) is 3.22. The molecular weight excluding hydrogens is 336 g/mol. The minimum atomic E-state index is -0.306. The summed E-state index contributed by atoms with van der Waals surface area (Å²) in [5.74, 6) is -0.00892. The standard InChI is InChI=1S/C22H28N4O/c1-4-25(5-2)15-19-12-10-18(11-13-19)14-23-22(27)17(3)26-16-24-20-8-6-7-9-21(20)26/h6-13,16-17H,4-5,14-15H2,1-3H3,(H,23,27)/t17-/m0/s1. The number of rotatable bonds is 8. The summed E-state index contributed by atoms with van der Waals surface area (Å²) in [7, 11) is 0. The predicted octanol–water partition coefficient (Wildman–Crippen LogP) is 3.76. The van der Waals surface area contributed by atoms with Gasteiger partial charge in [0.15, 0.2) is 0 Å². The van der Waals surface area contributed by atoms with E-state index in [4.69, 9.17) is 0 Å². The van der Waals surface area contributed by atoms with Crippen LogP contribution >= 0.6 is 0 Å². The number of hydrogen-bond acceptors (Lipinski definition) is 3. The predicted molar refractivity (Wildman–Crippen MR) is 109 cm³/mol. The average molecular weight is 364 g/mol. The molecule has 0 aliphatic carbocycles. The van der Waals surface area contributed by atoms with E-state index in [2.05, 4.69) is 53.3 Å². The molecule has 2 aromatic carbocycles. The van der Waals surface area contributed by atoms with Gasteiger partial charge in [0.2, 0.25) is 5.91 Å². The lowest BCUT2D eigenvalue weighted by molar-refractivity contribution is -0.123. The van der Waals surface area contributed by atoms with Crippen molar-refractivity contribution in [1.82, 2.24) is 19.8 Å². The van der Waals surface area contributed by atoms with Crippen LogP contribution in [0.4, 0.5) is 0 Å². The van der Waals surface area contributed by atoms with Gasteiger partial charge in [0.25, 0.3) is 0 Å². The molecule has 0 radical (unpaired) electrons. The van der Waals surface area contributed by atoms with Gasteiger partial charge < -0.3 is 9.88 Å². The number of aromatic nitrogens is 2. The average Bonchev–Trinajstić information content (AvgIpc) is 3.14. The van der Waals surface area contributed by atoms with Gasteiger partial charge in [-0.05, 0) is 43.3 Å². The molecule has 1 heterocycles. The Bertz CT molecular complexity index is 881. The fraction of sp³-hybridized carbons (Fsp3) is 0.364. The maximum atomic E-state index is 12.6. The molecule has 3 aromatic rings. The van der Waals surface area contributed by atoms with Gasteiger partial charge in [-0.1, -0.05) is 50.2 Å². The molecule has 0 aliphatic rings. The summed E-state index contributed by atoms with van der Waals surface area (Å²) in [4.78, 5) is 19.3. The number of amides is 1. The number of hydrogen-bond donors (Lipinski definition) is 1. The van der Waals surface area contributed by atoms with Gasteiger partial charge in [-0.3, -0.25) is 9.69 Å². The van der Waals surface area contributed by atoms with E-state index in [1.54, 1.807) is 6.33 Å². The van der Waals surface area contributed by atoms with Crippen molar-refractivity contribution in [1.29, 1.82) is 0 Å². The van der Waals surface area contributed by atoms with Crippen LogP contribution in [0.15, 0.2) is 54.9 Å². The van der Waals surface area contributed by atoms with Crippen LogP contribution in [0, 0.1) is 0 Å². The van der Waals surface area contributed by atoms with Crippen LogP contribution in [0.25, 0.3) is 11.0 Å². The topological polar surface area (TPSA) is 50.2 Å². The highest BCUT2D eigenvalue weighted by atomic mass is 16.2. The van der Waals surface area contributed by atoms with E-state index in [0.29, 0.717) is 6.54 Å². The number of nitrogens with one attached hydrogen (secondary N) is 1. The highest BCUT2D eigenvalue weighted by Gasteiger charge is 2.16. The van der Waals surface area contributed by atoms with Crippen molar-refractivity contribution in [3.8, 4) is 0 Å². The molecule has 1 amide bonds. The van der Waals surface area contributed by atoms with Gasteiger partial charge in [-0.25, -0.2) is 4.98 Å². The van der Waals surface area contributed by atoms with Crippen LogP contribution in [0.1, 0.15) is 37.9 Å². The van der Waals surface area contributed by atoms with Crippen LogP contribution in [-0.2, 0) is 17.9 Å². The Hall–Kier alpha value is -2.66. The quantitative estimate of drug-likeness (QED) is 0.662. The van der Waals surface area contributed by atoms with Crippen molar-refractivity contribution < 1.29 is 4.79 Å². The second kappa shape index (κ2) is 8.82. The monoisotopic (exact) mass is 364 g/mol. The van der Waals surface area contributed by atoms with Crippen LogP contribution in [0.3, 0.4) is 0 Å². The van der Waals surface area contributed by atoms with E-state index in [0.717, 1.165) is 36.2 Å². The molecule has 3 rings (SSSR count). The van der Waals surface area contributed by atoms with E-state index >= 15 is 0 Å². The van der Waals surface area contributed by atoms with Gasteiger partial charge >= 0.3 is 0 Å². The zero-order chi connectivity index (χ0) is 19.2. The molecule has 0 unspecified atom stereocenters. The zero-order valence-corrected chi connectivity index (χ0v) is 16.4. The number of nitrogens with zero attached hydrogens (tertiary/aromatic N) is 3. The summed E-state index contributed by atoms with van der Waals surface area (Å²) in [5, 5.41) is 3.04. The first-order chi connectivity index (χ1) is 13.1. The van der Waals surface area contributed by atoms with Gasteiger partial charge in [0.05, 0.1) is 17.4 Å². The molecule has 0 saturated carbocycles. The van der Waals surface area contributed by atoms with Gasteiger partial charge in [-0.15, -0.1) is 0 Å². The highest BCUT2D eigenvalue weighted by molar-refractivity contribution is 5.83. The molecule has 0 aliphatic heterocycles. The van der Waals surface area contributed by atoms with Crippen LogP contribution < -0.4 is 5.32 Å². The van der Waals surface area contributed by atoms with Crippen molar-refractivity contribution >= 4 is 16.9 Å². The molecule has 5 nitrogen and oxygen atoms in total. The molecule has 1 aromatic heterocycles. The molecule has 0 fully saturated rings. The number of carbonyl (C=O) groups excluding carboxylic acids is 1. The van der Waals surface area contributed by atoms with Gasteiger partial charge in [0.1, 0.15) is 6.04 Å². The third-order valence-electron chi connectivity index (χ3n) is 5.07. The number of fused-ring (bicyclic) bond motifs is 1. The number of benzene rings is 2. The highest BCUT2D eigenvalue weighted by Crippen LogP contribution is 2.17. The number of carbonyl (C=O) groups is 1.